The topological polar surface area (TPSA) is 35.6 Å². The van der Waals surface area contributed by atoms with E-state index in [1.165, 1.54) is 10.4 Å². The summed E-state index contributed by atoms with van der Waals surface area (Å²) < 4.78 is 0. The Morgan fingerprint density at radius 1 is 1.27 bits per heavy atom. The van der Waals surface area contributed by atoms with Crippen molar-refractivity contribution in [3.63, 3.8) is 0 Å². The molecule has 1 fully saturated rings. The van der Waals surface area contributed by atoms with Crippen molar-refractivity contribution < 1.29 is 4.79 Å². The largest absolute Gasteiger partial charge is 0.337 e. The van der Waals surface area contributed by atoms with Crippen LogP contribution in [0.5, 0.6) is 0 Å². The molecule has 0 radical (unpaired) electrons. The smallest absolute Gasteiger partial charge is 0.237 e. The molecule has 0 spiro atoms. The number of amides is 1. The van der Waals surface area contributed by atoms with E-state index in [4.69, 9.17) is 11.6 Å². The Bertz CT molecular complexity index is 767. The number of hydrogen-bond donors (Lipinski definition) is 1. The van der Waals surface area contributed by atoms with Gasteiger partial charge >= 0.3 is 0 Å². The van der Waals surface area contributed by atoms with Crippen molar-refractivity contribution in [1.82, 2.24) is 15.1 Å². The third kappa shape index (κ3) is 4.07. The standard InChI is InChI=1S/C19H22ClN3OS.ClH/c20-16-4-2-1-3-15(16)17-11-21-7-9-22(17)13-19(24)23-8-5-18-14(12-23)6-10-25-18;/h1-4,6,10,17,21H,5,7-9,11-13H2;1H. The minimum atomic E-state index is 0. The second-order valence-electron chi connectivity index (χ2n) is 6.65. The summed E-state index contributed by atoms with van der Waals surface area (Å²) in [6.45, 7) is 4.63. The van der Waals surface area contributed by atoms with E-state index < -0.39 is 0 Å². The first-order valence-electron chi connectivity index (χ1n) is 8.74. The summed E-state index contributed by atoms with van der Waals surface area (Å²) in [5.41, 5.74) is 2.41. The molecule has 1 aromatic carbocycles. The molecule has 1 atom stereocenters. The lowest BCUT2D eigenvalue weighted by atomic mass is 10.0. The molecule has 26 heavy (non-hydrogen) atoms. The maximum Gasteiger partial charge on any atom is 0.237 e. The van der Waals surface area contributed by atoms with Crippen molar-refractivity contribution in [2.24, 2.45) is 0 Å². The van der Waals surface area contributed by atoms with Crippen LogP contribution in [0.15, 0.2) is 35.7 Å². The van der Waals surface area contributed by atoms with Crippen LogP contribution in [0.25, 0.3) is 0 Å². The second kappa shape index (κ2) is 8.72. The van der Waals surface area contributed by atoms with E-state index in [0.717, 1.165) is 49.7 Å². The van der Waals surface area contributed by atoms with Gasteiger partial charge in [0.15, 0.2) is 0 Å². The second-order valence-corrected chi connectivity index (χ2v) is 8.05. The molecule has 0 aliphatic carbocycles. The number of hydrogen-bond acceptors (Lipinski definition) is 4. The molecule has 1 amide bonds. The molecule has 0 saturated carbocycles. The maximum atomic E-state index is 12.9. The van der Waals surface area contributed by atoms with E-state index in [-0.39, 0.29) is 24.4 Å². The summed E-state index contributed by atoms with van der Waals surface area (Å²) in [5, 5.41) is 6.33. The van der Waals surface area contributed by atoms with Crippen LogP contribution in [0, 0.1) is 0 Å². The summed E-state index contributed by atoms with van der Waals surface area (Å²) >= 11 is 8.21. The van der Waals surface area contributed by atoms with Gasteiger partial charge in [-0.1, -0.05) is 29.8 Å². The average molecular weight is 412 g/mol. The van der Waals surface area contributed by atoms with Gasteiger partial charge in [0.2, 0.25) is 5.91 Å². The number of carbonyl (C=O) groups excluding carboxylic acids is 1. The molecule has 2 aliphatic heterocycles. The third-order valence-corrected chi connectivity index (χ3v) is 6.48. The Labute approximate surface area is 169 Å². The number of piperazine rings is 1. The van der Waals surface area contributed by atoms with Crippen molar-refractivity contribution in [3.8, 4) is 0 Å². The molecule has 1 aromatic heterocycles. The van der Waals surface area contributed by atoms with Gasteiger partial charge in [-0.25, -0.2) is 0 Å². The van der Waals surface area contributed by atoms with Crippen LogP contribution >= 0.6 is 35.3 Å². The van der Waals surface area contributed by atoms with E-state index in [2.05, 4.69) is 27.7 Å². The van der Waals surface area contributed by atoms with E-state index in [0.29, 0.717) is 6.54 Å². The van der Waals surface area contributed by atoms with Gasteiger partial charge in [0, 0.05) is 48.7 Å². The van der Waals surface area contributed by atoms with Gasteiger partial charge in [-0.3, -0.25) is 9.69 Å². The Morgan fingerprint density at radius 2 is 2.12 bits per heavy atom. The Morgan fingerprint density at radius 3 is 2.96 bits per heavy atom. The van der Waals surface area contributed by atoms with E-state index >= 15 is 0 Å². The van der Waals surface area contributed by atoms with Gasteiger partial charge in [-0.15, -0.1) is 23.7 Å². The first-order valence-corrected chi connectivity index (χ1v) is 10.0. The van der Waals surface area contributed by atoms with Crippen LogP contribution in [-0.4, -0.2) is 48.4 Å². The van der Waals surface area contributed by atoms with Crippen LogP contribution < -0.4 is 5.32 Å². The fraction of sp³-hybridized carbons (Fsp3) is 0.421. The van der Waals surface area contributed by atoms with Gasteiger partial charge in [0.05, 0.1) is 6.54 Å². The summed E-state index contributed by atoms with van der Waals surface area (Å²) in [4.78, 5) is 18.6. The average Bonchev–Trinajstić information content (AvgIpc) is 3.10. The van der Waals surface area contributed by atoms with Gasteiger partial charge in [-0.05, 0) is 35.1 Å². The summed E-state index contributed by atoms with van der Waals surface area (Å²) in [7, 11) is 0. The zero-order valence-corrected chi connectivity index (χ0v) is 16.9. The number of halogens is 2. The van der Waals surface area contributed by atoms with E-state index in [1.807, 2.05) is 23.1 Å². The van der Waals surface area contributed by atoms with Gasteiger partial charge in [0.25, 0.3) is 0 Å². The van der Waals surface area contributed by atoms with Crippen molar-refractivity contribution >= 4 is 41.3 Å². The van der Waals surface area contributed by atoms with Crippen molar-refractivity contribution in [3.05, 3.63) is 56.7 Å². The number of rotatable bonds is 3. The third-order valence-electron chi connectivity index (χ3n) is 5.12. The zero-order chi connectivity index (χ0) is 17.2. The molecule has 7 heteroatoms. The fourth-order valence-corrected chi connectivity index (χ4v) is 4.87. The number of nitrogens with zero attached hydrogens (tertiary/aromatic N) is 2. The molecule has 140 valence electrons. The van der Waals surface area contributed by atoms with Gasteiger partial charge in [-0.2, -0.15) is 0 Å². The molecule has 1 saturated heterocycles. The summed E-state index contributed by atoms with van der Waals surface area (Å²) in [6, 6.07) is 10.2. The van der Waals surface area contributed by atoms with Crippen LogP contribution in [0.2, 0.25) is 5.02 Å². The van der Waals surface area contributed by atoms with Crippen LogP contribution in [-0.2, 0) is 17.8 Å². The molecule has 1 N–H and O–H groups in total. The number of fused-ring (bicyclic) bond motifs is 1. The highest BCUT2D eigenvalue weighted by Gasteiger charge is 2.29. The monoisotopic (exact) mass is 411 g/mol. The quantitative estimate of drug-likeness (QED) is 0.840. The molecule has 0 bridgehead atoms. The lowest BCUT2D eigenvalue weighted by molar-refractivity contribution is -0.134. The summed E-state index contributed by atoms with van der Waals surface area (Å²) in [5.74, 6) is 0.218. The number of nitrogens with one attached hydrogen (secondary N) is 1. The Hall–Kier alpha value is -1.11. The van der Waals surface area contributed by atoms with Crippen LogP contribution in [0.4, 0.5) is 0 Å². The number of carbonyl (C=O) groups is 1. The van der Waals surface area contributed by atoms with Gasteiger partial charge in [0.1, 0.15) is 0 Å². The Balaban J connectivity index is 0.00000196. The molecule has 3 heterocycles. The molecule has 4 nitrogen and oxygen atoms in total. The molecular weight excluding hydrogens is 389 g/mol. The first-order chi connectivity index (χ1) is 12.2. The highest BCUT2D eigenvalue weighted by atomic mass is 35.5. The maximum absolute atomic E-state index is 12.9. The molecule has 2 aromatic rings. The molecule has 2 aliphatic rings. The highest BCUT2D eigenvalue weighted by molar-refractivity contribution is 7.10. The lowest BCUT2D eigenvalue weighted by Gasteiger charge is -2.38. The SMILES string of the molecule is Cl.O=C(CN1CCNCC1c1ccccc1Cl)N1CCc2sccc2C1. The number of benzene rings is 1. The molecule has 1 unspecified atom stereocenters. The lowest BCUT2D eigenvalue weighted by Crippen LogP contribution is -2.50. The molecular formula is C19H23Cl2N3OS. The first kappa shape index (κ1) is 19.6. The predicted octanol–water partition coefficient (Wildman–Crippen LogP) is 3.35. The van der Waals surface area contributed by atoms with Crippen molar-refractivity contribution in [2.45, 2.75) is 19.0 Å². The Kier molecular flexibility index (Phi) is 6.59. The summed E-state index contributed by atoms with van der Waals surface area (Å²) in [6.07, 6.45) is 0.980. The normalized spacial score (nSPS) is 20.3. The van der Waals surface area contributed by atoms with Crippen LogP contribution in [0.3, 0.4) is 0 Å². The predicted molar refractivity (Wildman–Crippen MR) is 109 cm³/mol. The minimum absolute atomic E-state index is 0. The minimum Gasteiger partial charge on any atom is -0.337 e. The van der Waals surface area contributed by atoms with Crippen molar-refractivity contribution in [1.29, 1.82) is 0 Å². The van der Waals surface area contributed by atoms with Gasteiger partial charge < -0.3 is 10.2 Å². The van der Waals surface area contributed by atoms with Crippen molar-refractivity contribution in [2.75, 3.05) is 32.7 Å². The fourth-order valence-electron chi connectivity index (χ4n) is 3.72. The van der Waals surface area contributed by atoms with E-state index in [1.54, 1.807) is 11.3 Å². The highest BCUT2D eigenvalue weighted by Crippen LogP contribution is 2.29. The van der Waals surface area contributed by atoms with E-state index in [9.17, 15) is 4.79 Å². The van der Waals surface area contributed by atoms with Crippen LogP contribution in [0.1, 0.15) is 22.0 Å². The zero-order valence-electron chi connectivity index (χ0n) is 14.5. The number of thiophene rings is 1. The molecule has 4 rings (SSSR count).